The van der Waals surface area contributed by atoms with Gasteiger partial charge in [-0.25, -0.2) is 0 Å². The van der Waals surface area contributed by atoms with Gasteiger partial charge in [0.1, 0.15) is 0 Å². The highest BCUT2D eigenvalue weighted by atomic mass is 16.2. The number of rotatable bonds is 3. The Morgan fingerprint density at radius 3 is 2.74 bits per heavy atom. The van der Waals surface area contributed by atoms with E-state index in [0.717, 1.165) is 10.9 Å². The van der Waals surface area contributed by atoms with Crippen molar-refractivity contribution in [3.05, 3.63) is 42.1 Å². The summed E-state index contributed by atoms with van der Waals surface area (Å²) >= 11 is 0. The smallest absolute Gasteiger partial charge is 0.254 e. The van der Waals surface area contributed by atoms with E-state index in [-0.39, 0.29) is 11.4 Å². The van der Waals surface area contributed by atoms with Crippen molar-refractivity contribution in [2.45, 2.75) is 19.4 Å². The molecule has 1 aromatic heterocycles. The molecule has 0 fully saturated rings. The Hall–Kier alpha value is -1.94. The molecule has 0 aliphatic carbocycles. The number of likely N-dealkylation sites (N-methyl/N-ethyl adjacent to an activating group) is 1. The zero-order chi connectivity index (χ0) is 14.0. The number of pyridine rings is 1. The number of fused-ring (bicyclic) bond motifs is 1. The van der Waals surface area contributed by atoms with Crippen LogP contribution in [0.3, 0.4) is 0 Å². The van der Waals surface area contributed by atoms with Gasteiger partial charge in [-0.2, -0.15) is 0 Å². The van der Waals surface area contributed by atoms with Crippen molar-refractivity contribution < 1.29 is 4.79 Å². The molecule has 19 heavy (non-hydrogen) atoms. The highest BCUT2D eigenvalue weighted by molar-refractivity contribution is 6.06. The highest BCUT2D eigenvalue weighted by Crippen LogP contribution is 2.21. The van der Waals surface area contributed by atoms with E-state index in [1.807, 2.05) is 44.2 Å². The number of aromatic nitrogens is 1. The lowest BCUT2D eigenvalue weighted by molar-refractivity contribution is 0.0642. The molecule has 0 radical (unpaired) electrons. The minimum Gasteiger partial charge on any atom is -0.335 e. The molecule has 4 heteroatoms. The molecule has 100 valence electrons. The summed E-state index contributed by atoms with van der Waals surface area (Å²) in [6, 6.07) is 9.34. The molecule has 1 heterocycles. The number of hydrogen-bond acceptors (Lipinski definition) is 3. The summed E-state index contributed by atoms with van der Waals surface area (Å²) in [4.78, 5) is 18.6. The fourth-order valence-corrected chi connectivity index (χ4v) is 1.88. The number of amides is 1. The monoisotopic (exact) mass is 257 g/mol. The Morgan fingerprint density at radius 2 is 2.05 bits per heavy atom. The lowest BCUT2D eigenvalue weighted by Gasteiger charge is -2.34. The third kappa shape index (κ3) is 2.44. The summed E-state index contributed by atoms with van der Waals surface area (Å²) in [6.07, 6.45) is 1.73. The number of nitrogens with two attached hydrogens (primary N) is 1. The molecule has 0 atom stereocenters. The van der Waals surface area contributed by atoms with E-state index >= 15 is 0 Å². The van der Waals surface area contributed by atoms with Crippen molar-refractivity contribution >= 4 is 16.8 Å². The average molecular weight is 257 g/mol. The van der Waals surface area contributed by atoms with Crippen LogP contribution in [0.25, 0.3) is 10.9 Å². The second-order valence-electron chi connectivity index (χ2n) is 5.26. The molecule has 0 bridgehead atoms. The first-order chi connectivity index (χ1) is 8.97. The molecule has 1 amide bonds. The van der Waals surface area contributed by atoms with Crippen LogP contribution in [0.15, 0.2) is 36.5 Å². The summed E-state index contributed by atoms with van der Waals surface area (Å²) in [6.45, 7) is 4.32. The molecule has 0 unspecified atom stereocenters. The third-order valence-corrected chi connectivity index (χ3v) is 3.59. The molecule has 0 aliphatic rings. The van der Waals surface area contributed by atoms with Gasteiger partial charge in [0.25, 0.3) is 5.91 Å². The highest BCUT2D eigenvalue weighted by Gasteiger charge is 2.27. The van der Waals surface area contributed by atoms with Gasteiger partial charge in [0.15, 0.2) is 0 Å². The van der Waals surface area contributed by atoms with Crippen molar-refractivity contribution in [2.75, 3.05) is 13.6 Å². The predicted molar refractivity (Wildman–Crippen MR) is 77.0 cm³/mol. The van der Waals surface area contributed by atoms with Crippen LogP contribution < -0.4 is 5.73 Å². The van der Waals surface area contributed by atoms with Crippen LogP contribution in [0, 0.1) is 0 Å². The van der Waals surface area contributed by atoms with Crippen LogP contribution in [0.5, 0.6) is 0 Å². The van der Waals surface area contributed by atoms with Crippen LogP contribution in [0.4, 0.5) is 0 Å². The number of hydrogen-bond donors (Lipinski definition) is 1. The van der Waals surface area contributed by atoms with Gasteiger partial charge in [-0.15, -0.1) is 0 Å². The maximum absolute atomic E-state index is 12.6. The normalized spacial score (nSPS) is 11.6. The van der Waals surface area contributed by atoms with Crippen molar-refractivity contribution in [2.24, 2.45) is 5.73 Å². The lowest BCUT2D eigenvalue weighted by Crippen LogP contribution is -2.50. The minimum atomic E-state index is -0.374. The summed E-state index contributed by atoms with van der Waals surface area (Å²) < 4.78 is 0. The van der Waals surface area contributed by atoms with E-state index < -0.39 is 0 Å². The summed E-state index contributed by atoms with van der Waals surface area (Å²) in [5.74, 6) is -0.0333. The zero-order valence-electron chi connectivity index (χ0n) is 11.6. The number of benzene rings is 1. The van der Waals surface area contributed by atoms with Crippen molar-refractivity contribution in [1.82, 2.24) is 9.88 Å². The maximum Gasteiger partial charge on any atom is 0.254 e. The Labute approximate surface area is 113 Å². The maximum atomic E-state index is 12.6. The largest absolute Gasteiger partial charge is 0.335 e. The van der Waals surface area contributed by atoms with Gasteiger partial charge < -0.3 is 10.6 Å². The molecule has 4 nitrogen and oxygen atoms in total. The summed E-state index contributed by atoms with van der Waals surface area (Å²) in [5, 5.41) is 0.870. The minimum absolute atomic E-state index is 0.0333. The lowest BCUT2D eigenvalue weighted by atomic mass is 10.0. The van der Waals surface area contributed by atoms with Gasteiger partial charge in [0.2, 0.25) is 0 Å². The third-order valence-electron chi connectivity index (χ3n) is 3.59. The van der Waals surface area contributed by atoms with E-state index in [1.165, 1.54) is 0 Å². The molecule has 0 spiro atoms. The molecule has 0 aliphatic heterocycles. The van der Waals surface area contributed by atoms with Gasteiger partial charge in [-0.1, -0.05) is 12.1 Å². The predicted octanol–water partition coefficient (Wildman–Crippen LogP) is 2.04. The number of nitrogens with zero attached hydrogens (tertiary/aromatic N) is 2. The van der Waals surface area contributed by atoms with Gasteiger partial charge >= 0.3 is 0 Å². The Bertz CT molecular complexity index is 602. The van der Waals surface area contributed by atoms with Crippen LogP contribution in [-0.2, 0) is 0 Å². The Morgan fingerprint density at radius 1 is 1.32 bits per heavy atom. The number of carbonyl (C=O) groups excluding carboxylic acids is 1. The van der Waals surface area contributed by atoms with Crippen LogP contribution in [0.1, 0.15) is 24.2 Å². The first-order valence-corrected chi connectivity index (χ1v) is 6.29. The summed E-state index contributed by atoms with van der Waals surface area (Å²) in [7, 11) is 1.78. The van der Waals surface area contributed by atoms with Crippen molar-refractivity contribution in [3.63, 3.8) is 0 Å². The summed E-state index contributed by atoms with van der Waals surface area (Å²) in [5.41, 5.74) is 6.84. The second-order valence-corrected chi connectivity index (χ2v) is 5.26. The van der Waals surface area contributed by atoms with E-state index in [1.54, 1.807) is 18.1 Å². The van der Waals surface area contributed by atoms with Gasteiger partial charge in [-0.05, 0) is 32.0 Å². The molecular weight excluding hydrogens is 238 g/mol. The van der Waals surface area contributed by atoms with Crippen molar-refractivity contribution in [1.29, 1.82) is 0 Å². The molecule has 0 saturated heterocycles. The standard InChI is InChI=1S/C15H19N3O/c1-15(2,10-16)18(3)14(19)12-6-4-8-13-11(12)7-5-9-17-13/h4-9H,10,16H2,1-3H3. The quantitative estimate of drug-likeness (QED) is 0.915. The van der Waals surface area contributed by atoms with Gasteiger partial charge in [0.05, 0.1) is 5.52 Å². The average Bonchev–Trinajstić information content (AvgIpc) is 2.45. The Balaban J connectivity index is 2.48. The van der Waals surface area contributed by atoms with E-state index in [2.05, 4.69) is 4.98 Å². The first kappa shape index (κ1) is 13.5. The second kappa shape index (κ2) is 4.97. The van der Waals surface area contributed by atoms with Gasteiger partial charge in [0, 0.05) is 36.3 Å². The van der Waals surface area contributed by atoms with Crippen LogP contribution in [0.2, 0.25) is 0 Å². The molecular formula is C15H19N3O. The molecule has 2 N–H and O–H groups in total. The van der Waals surface area contributed by atoms with Crippen molar-refractivity contribution in [3.8, 4) is 0 Å². The fourth-order valence-electron chi connectivity index (χ4n) is 1.88. The zero-order valence-corrected chi connectivity index (χ0v) is 11.6. The van der Waals surface area contributed by atoms with Gasteiger partial charge in [-0.3, -0.25) is 9.78 Å². The first-order valence-electron chi connectivity index (χ1n) is 6.29. The SMILES string of the molecule is CN(C(=O)c1cccc2ncccc12)C(C)(C)CN. The molecule has 1 aromatic carbocycles. The van der Waals surface area contributed by atoms with E-state index in [4.69, 9.17) is 5.73 Å². The molecule has 2 aromatic rings. The fraction of sp³-hybridized carbons (Fsp3) is 0.333. The van der Waals surface area contributed by atoms with Crippen LogP contribution >= 0.6 is 0 Å². The topological polar surface area (TPSA) is 59.2 Å². The van der Waals surface area contributed by atoms with E-state index in [9.17, 15) is 4.79 Å². The molecule has 2 rings (SSSR count). The Kier molecular flexibility index (Phi) is 3.53. The molecule has 0 saturated carbocycles. The number of carbonyl (C=O) groups is 1. The van der Waals surface area contributed by atoms with E-state index in [0.29, 0.717) is 12.1 Å². The van der Waals surface area contributed by atoms with Crippen LogP contribution in [-0.4, -0.2) is 34.9 Å².